The molecule has 2 rings (SSSR count). The van der Waals surface area contributed by atoms with Crippen molar-refractivity contribution >= 4 is 17.4 Å². The third kappa shape index (κ3) is 3.40. The number of nitrogen functional groups attached to an aromatic ring is 1. The van der Waals surface area contributed by atoms with Gasteiger partial charge in [0.25, 0.3) is 5.91 Å². The van der Waals surface area contributed by atoms with Crippen LogP contribution in [-0.4, -0.2) is 22.5 Å². The zero-order chi connectivity index (χ0) is 14.8. The van der Waals surface area contributed by atoms with Crippen molar-refractivity contribution in [3.63, 3.8) is 0 Å². The number of rotatable bonds is 3. The van der Waals surface area contributed by atoms with E-state index in [1.165, 1.54) is 18.3 Å². The topological polar surface area (TPSA) is 93.0 Å². The highest BCUT2D eigenvalue weighted by atomic mass is 19.4. The lowest BCUT2D eigenvalue weighted by molar-refractivity contribution is -0.274. The van der Waals surface area contributed by atoms with Gasteiger partial charge in [-0.1, -0.05) is 0 Å². The number of hydrogen-bond acceptors (Lipinski definition) is 4. The Balaban J connectivity index is 2.06. The molecule has 0 aliphatic heterocycles. The molecule has 20 heavy (non-hydrogen) atoms. The summed E-state index contributed by atoms with van der Waals surface area (Å²) in [5.74, 6) is -0.736. The molecular formula is C11H9F3N4O2. The predicted molar refractivity (Wildman–Crippen MR) is 64.1 cm³/mol. The van der Waals surface area contributed by atoms with Gasteiger partial charge in [0.2, 0.25) is 0 Å². The number of H-pyrrole nitrogens is 1. The molecule has 0 aliphatic rings. The third-order valence-electron chi connectivity index (χ3n) is 2.26. The largest absolute Gasteiger partial charge is 0.573 e. The molecule has 0 spiro atoms. The zero-order valence-electron chi connectivity index (χ0n) is 9.86. The van der Waals surface area contributed by atoms with E-state index in [2.05, 4.69) is 20.3 Å². The average molecular weight is 286 g/mol. The number of amides is 1. The number of carbonyl (C=O) groups is 1. The summed E-state index contributed by atoms with van der Waals surface area (Å²) < 4.78 is 39.6. The molecule has 1 heterocycles. The summed E-state index contributed by atoms with van der Waals surface area (Å²) in [5, 5.41) is 8.51. The molecule has 1 amide bonds. The fourth-order valence-electron chi connectivity index (χ4n) is 1.39. The van der Waals surface area contributed by atoms with Gasteiger partial charge in [0, 0.05) is 5.56 Å². The van der Waals surface area contributed by atoms with Crippen LogP contribution in [0.3, 0.4) is 0 Å². The maximum Gasteiger partial charge on any atom is 0.573 e. The number of nitrogens with zero attached hydrogens (tertiary/aromatic N) is 1. The molecule has 0 atom stereocenters. The highest BCUT2D eigenvalue weighted by molar-refractivity contribution is 6.05. The molecule has 4 N–H and O–H groups in total. The van der Waals surface area contributed by atoms with E-state index in [-0.39, 0.29) is 17.1 Å². The normalized spacial score (nSPS) is 11.2. The van der Waals surface area contributed by atoms with Crippen molar-refractivity contribution in [2.45, 2.75) is 6.36 Å². The van der Waals surface area contributed by atoms with Crippen LogP contribution in [0.25, 0.3) is 0 Å². The molecule has 0 saturated heterocycles. The van der Waals surface area contributed by atoms with Crippen molar-refractivity contribution in [2.24, 2.45) is 0 Å². The average Bonchev–Trinajstić information content (AvgIpc) is 2.74. The van der Waals surface area contributed by atoms with Gasteiger partial charge >= 0.3 is 6.36 Å². The summed E-state index contributed by atoms with van der Waals surface area (Å²) in [4.78, 5) is 11.8. The lowest BCUT2D eigenvalue weighted by atomic mass is 10.2. The maximum absolute atomic E-state index is 12.0. The highest BCUT2D eigenvalue weighted by Crippen LogP contribution is 2.23. The molecule has 0 bridgehead atoms. The van der Waals surface area contributed by atoms with E-state index < -0.39 is 18.0 Å². The first-order valence-electron chi connectivity index (χ1n) is 5.31. The van der Waals surface area contributed by atoms with Crippen molar-refractivity contribution in [1.29, 1.82) is 0 Å². The van der Waals surface area contributed by atoms with E-state index in [1.54, 1.807) is 0 Å². The second-order valence-electron chi connectivity index (χ2n) is 3.73. The predicted octanol–water partition coefficient (Wildman–Crippen LogP) is 2.14. The van der Waals surface area contributed by atoms with Gasteiger partial charge in [0.15, 0.2) is 5.82 Å². The zero-order valence-corrected chi connectivity index (χ0v) is 9.86. The van der Waals surface area contributed by atoms with Gasteiger partial charge < -0.3 is 15.8 Å². The number of ether oxygens (including phenoxy) is 1. The van der Waals surface area contributed by atoms with Crippen molar-refractivity contribution in [2.75, 3.05) is 11.1 Å². The summed E-state index contributed by atoms with van der Waals surface area (Å²) in [6.45, 7) is 0. The molecule has 0 radical (unpaired) electrons. The van der Waals surface area contributed by atoms with E-state index in [4.69, 9.17) is 5.73 Å². The molecule has 106 valence electrons. The second-order valence-corrected chi connectivity index (χ2v) is 3.73. The minimum absolute atomic E-state index is 0.147. The fraction of sp³-hybridized carbons (Fsp3) is 0.0909. The standard InChI is InChI=1S/C11H9F3N4O2/c12-11(13,14)20-7-3-1-6(2-4-7)10(19)17-9-8(15)5-16-18-9/h1-5H,15H2,(H2,16,17,18,19). The van der Waals surface area contributed by atoms with Crippen molar-refractivity contribution in [3.05, 3.63) is 36.0 Å². The smallest absolute Gasteiger partial charge is 0.406 e. The number of aromatic amines is 1. The van der Waals surface area contributed by atoms with Gasteiger partial charge in [-0.25, -0.2) is 0 Å². The van der Waals surface area contributed by atoms with Crippen LogP contribution >= 0.6 is 0 Å². The first-order valence-corrected chi connectivity index (χ1v) is 5.31. The van der Waals surface area contributed by atoms with Crippen molar-refractivity contribution in [1.82, 2.24) is 10.2 Å². The Morgan fingerprint density at radius 2 is 1.95 bits per heavy atom. The molecule has 1 aromatic carbocycles. The van der Waals surface area contributed by atoms with Crippen LogP contribution in [0.1, 0.15) is 10.4 Å². The molecular weight excluding hydrogens is 277 g/mol. The monoisotopic (exact) mass is 286 g/mol. The number of alkyl halides is 3. The number of nitrogens with two attached hydrogens (primary N) is 1. The van der Waals surface area contributed by atoms with E-state index >= 15 is 0 Å². The number of anilines is 2. The molecule has 0 fully saturated rings. The molecule has 0 aliphatic carbocycles. The Morgan fingerprint density at radius 3 is 2.45 bits per heavy atom. The minimum atomic E-state index is -4.77. The molecule has 2 aromatic rings. The molecule has 0 saturated carbocycles. The third-order valence-corrected chi connectivity index (χ3v) is 2.26. The van der Waals surface area contributed by atoms with E-state index in [0.717, 1.165) is 12.1 Å². The quantitative estimate of drug-likeness (QED) is 0.806. The van der Waals surface area contributed by atoms with Gasteiger partial charge in [-0.15, -0.1) is 13.2 Å². The van der Waals surface area contributed by atoms with Gasteiger partial charge in [-0.05, 0) is 24.3 Å². The van der Waals surface area contributed by atoms with Crippen molar-refractivity contribution < 1.29 is 22.7 Å². The maximum atomic E-state index is 12.0. The van der Waals surface area contributed by atoms with Crippen LogP contribution in [0.2, 0.25) is 0 Å². The second kappa shape index (κ2) is 5.11. The van der Waals surface area contributed by atoms with Crippen LogP contribution in [-0.2, 0) is 0 Å². The summed E-state index contributed by atoms with van der Waals surface area (Å²) in [5.41, 5.74) is 5.90. The van der Waals surface area contributed by atoms with Crippen LogP contribution in [0, 0.1) is 0 Å². The van der Waals surface area contributed by atoms with E-state index in [0.29, 0.717) is 0 Å². The Labute approximate surface area is 110 Å². The first kappa shape index (κ1) is 13.7. The number of hydrogen-bond donors (Lipinski definition) is 3. The summed E-state index contributed by atoms with van der Waals surface area (Å²) in [6, 6.07) is 4.48. The Hall–Kier alpha value is -2.71. The highest BCUT2D eigenvalue weighted by Gasteiger charge is 2.31. The van der Waals surface area contributed by atoms with Crippen LogP contribution in [0.4, 0.5) is 24.7 Å². The minimum Gasteiger partial charge on any atom is -0.406 e. The van der Waals surface area contributed by atoms with Crippen LogP contribution in [0.15, 0.2) is 30.5 Å². The molecule has 1 aromatic heterocycles. The van der Waals surface area contributed by atoms with Gasteiger partial charge in [-0.3, -0.25) is 9.89 Å². The molecule has 9 heteroatoms. The molecule has 0 unspecified atom stereocenters. The van der Waals surface area contributed by atoms with Crippen LogP contribution < -0.4 is 15.8 Å². The Bertz CT molecular complexity index is 607. The van der Waals surface area contributed by atoms with Gasteiger partial charge in [0.1, 0.15) is 5.75 Å². The van der Waals surface area contributed by atoms with Crippen LogP contribution in [0.5, 0.6) is 5.75 Å². The number of aromatic nitrogens is 2. The van der Waals surface area contributed by atoms with Gasteiger partial charge in [-0.2, -0.15) is 5.10 Å². The van der Waals surface area contributed by atoms with Crippen molar-refractivity contribution in [3.8, 4) is 5.75 Å². The van der Waals surface area contributed by atoms with E-state index in [1.807, 2.05) is 0 Å². The summed E-state index contributed by atoms with van der Waals surface area (Å²) >= 11 is 0. The summed E-state index contributed by atoms with van der Waals surface area (Å²) in [6.07, 6.45) is -3.45. The number of halogens is 3. The number of carbonyl (C=O) groups excluding carboxylic acids is 1. The number of benzene rings is 1. The lowest BCUT2D eigenvalue weighted by Gasteiger charge is -2.09. The number of nitrogens with one attached hydrogen (secondary N) is 2. The van der Waals surface area contributed by atoms with E-state index in [9.17, 15) is 18.0 Å². The Morgan fingerprint density at radius 1 is 1.30 bits per heavy atom. The fourth-order valence-corrected chi connectivity index (χ4v) is 1.39. The lowest BCUT2D eigenvalue weighted by Crippen LogP contribution is -2.17. The Kier molecular flexibility index (Phi) is 3.51. The first-order chi connectivity index (χ1) is 9.35. The summed E-state index contributed by atoms with van der Waals surface area (Å²) in [7, 11) is 0. The van der Waals surface area contributed by atoms with Gasteiger partial charge in [0.05, 0.1) is 11.9 Å². The SMILES string of the molecule is Nc1cn[nH]c1NC(=O)c1ccc(OC(F)(F)F)cc1. The molecule has 6 nitrogen and oxygen atoms in total.